The van der Waals surface area contributed by atoms with Gasteiger partial charge in [0.2, 0.25) is 6.79 Å². The van der Waals surface area contributed by atoms with E-state index in [2.05, 4.69) is 5.32 Å². The van der Waals surface area contributed by atoms with Crippen LogP contribution in [-0.4, -0.2) is 25.3 Å². The van der Waals surface area contributed by atoms with Crippen molar-refractivity contribution in [1.82, 2.24) is 5.32 Å². The van der Waals surface area contributed by atoms with Gasteiger partial charge in [-0.25, -0.2) is 4.79 Å². The molecule has 2 heterocycles. The second kappa shape index (κ2) is 7.77. The minimum atomic E-state index is -0.628. The van der Waals surface area contributed by atoms with Crippen molar-refractivity contribution in [3.8, 4) is 11.5 Å². The Morgan fingerprint density at radius 2 is 2.04 bits per heavy atom. The molecule has 0 atom stereocenters. The van der Waals surface area contributed by atoms with Crippen LogP contribution in [0.25, 0.3) is 6.08 Å². The van der Waals surface area contributed by atoms with Gasteiger partial charge in [0.05, 0.1) is 12.9 Å². The number of rotatable bonds is 6. The van der Waals surface area contributed by atoms with E-state index in [1.165, 1.54) is 18.4 Å². The average Bonchev–Trinajstić information content (AvgIpc) is 3.29. The number of ether oxygens (including phenoxy) is 3. The van der Waals surface area contributed by atoms with E-state index in [0.717, 1.165) is 0 Å². The Labute approximate surface area is 150 Å². The maximum Gasteiger partial charge on any atom is 0.354 e. The van der Waals surface area contributed by atoms with E-state index in [0.29, 0.717) is 17.1 Å². The summed E-state index contributed by atoms with van der Waals surface area (Å²) >= 11 is 0. The summed E-state index contributed by atoms with van der Waals surface area (Å²) in [5.74, 6) is 0.307. The molecule has 7 heteroatoms. The van der Waals surface area contributed by atoms with Crippen LogP contribution in [0.3, 0.4) is 0 Å². The van der Waals surface area contributed by atoms with Crippen LogP contribution in [0.5, 0.6) is 11.5 Å². The van der Waals surface area contributed by atoms with Crippen LogP contribution in [0.1, 0.15) is 30.0 Å². The lowest BCUT2D eigenvalue weighted by atomic mass is 10.1. The Hall–Kier alpha value is -3.22. The van der Waals surface area contributed by atoms with Crippen LogP contribution in [0.2, 0.25) is 0 Å². The van der Waals surface area contributed by atoms with Crippen molar-refractivity contribution in [2.45, 2.75) is 13.8 Å². The number of hydrogen-bond acceptors (Lipinski definition) is 6. The second-order valence-electron chi connectivity index (χ2n) is 6.09. The minimum absolute atomic E-state index is 0.00548. The summed E-state index contributed by atoms with van der Waals surface area (Å²) in [5, 5.41) is 2.54. The third-order valence-corrected chi connectivity index (χ3v) is 3.47. The highest BCUT2D eigenvalue weighted by Crippen LogP contribution is 2.33. The van der Waals surface area contributed by atoms with Crippen molar-refractivity contribution in [2.24, 2.45) is 5.92 Å². The number of esters is 1. The summed E-state index contributed by atoms with van der Waals surface area (Å²) in [5.41, 5.74) is 0.663. The fourth-order valence-corrected chi connectivity index (χ4v) is 2.23. The number of nitrogens with one attached hydrogen (secondary N) is 1. The van der Waals surface area contributed by atoms with Gasteiger partial charge in [-0.15, -0.1) is 0 Å². The summed E-state index contributed by atoms with van der Waals surface area (Å²) in [4.78, 5) is 24.6. The van der Waals surface area contributed by atoms with E-state index >= 15 is 0 Å². The monoisotopic (exact) mass is 357 g/mol. The number of fused-ring (bicyclic) bond motifs is 1. The molecular formula is C19H19NO6. The zero-order valence-electron chi connectivity index (χ0n) is 14.5. The molecule has 1 aromatic heterocycles. The molecule has 1 N–H and O–H groups in total. The van der Waals surface area contributed by atoms with Crippen LogP contribution in [0.15, 0.2) is 46.7 Å². The van der Waals surface area contributed by atoms with Crippen LogP contribution in [0.4, 0.5) is 0 Å². The van der Waals surface area contributed by atoms with Crippen LogP contribution >= 0.6 is 0 Å². The predicted octanol–water partition coefficient (Wildman–Crippen LogP) is 2.98. The van der Waals surface area contributed by atoms with Crippen LogP contribution in [0, 0.1) is 5.92 Å². The van der Waals surface area contributed by atoms with E-state index in [-0.39, 0.29) is 30.8 Å². The number of benzene rings is 1. The van der Waals surface area contributed by atoms with E-state index in [1.54, 1.807) is 24.3 Å². The van der Waals surface area contributed by atoms with Gasteiger partial charge in [0.15, 0.2) is 17.3 Å². The zero-order chi connectivity index (χ0) is 18.5. The third kappa shape index (κ3) is 4.24. The van der Waals surface area contributed by atoms with Crippen molar-refractivity contribution >= 4 is 18.0 Å². The van der Waals surface area contributed by atoms with E-state index in [9.17, 15) is 9.59 Å². The largest absolute Gasteiger partial charge is 0.461 e. The number of furan rings is 1. The molecule has 0 saturated carbocycles. The average molecular weight is 357 g/mol. The summed E-state index contributed by atoms with van der Waals surface area (Å²) in [6, 6.07) is 8.30. The molecule has 136 valence electrons. The molecule has 26 heavy (non-hydrogen) atoms. The number of carbonyl (C=O) groups is 2. The Balaban J connectivity index is 1.83. The molecule has 1 aliphatic heterocycles. The lowest BCUT2D eigenvalue weighted by Gasteiger charge is -2.11. The van der Waals surface area contributed by atoms with Gasteiger partial charge in [0.1, 0.15) is 5.70 Å². The molecule has 1 aromatic carbocycles. The SMILES string of the molecule is CC(C)COC(=O)/C(=C\c1ccc2c(c1)OCO2)NC(=O)c1ccco1. The Kier molecular flexibility index (Phi) is 5.26. The number of carbonyl (C=O) groups excluding carboxylic acids is 2. The maximum absolute atomic E-state index is 12.4. The van der Waals surface area contributed by atoms with Crippen molar-refractivity contribution < 1.29 is 28.2 Å². The number of amides is 1. The van der Waals surface area contributed by atoms with Crippen molar-refractivity contribution in [3.05, 3.63) is 53.6 Å². The standard InChI is InChI=1S/C19H19NO6/c1-12(2)10-24-19(22)14(20-18(21)16-4-3-7-23-16)8-13-5-6-15-17(9-13)26-11-25-15/h3-9,12H,10-11H2,1-2H3,(H,20,21)/b14-8+. The van der Waals surface area contributed by atoms with E-state index in [4.69, 9.17) is 18.6 Å². The fourth-order valence-electron chi connectivity index (χ4n) is 2.23. The molecular weight excluding hydrogens is 338 g/mol. The molecule has 3 rings (SSSR count). The van der Waals surface area contributed by atoms with Crippen molar-refractivity contribution in [3.63, 3.8) is 0 Å². The first kappa shape index (κ1) is 17.6. The van der Waals surface area contributed by atoms with Gasteiger partial charge in [-0.2, -0.15) is 0 Å². The molecule has 1 aliphatic rings. The lowest BCUT2D eigenvalue weighted by Crippen LogP contribution is -2.28. The Morgan fingerprint density at radius 3 is 2.77 bits per heavy atom. The molecule has 0 spiro atoms. The maximum atomic E-state index is 12.4. The summed E-state index contributed by atoms with van der Waals surface area (Å²) in [7, 11) is 0. The topological polar surface area (TPSA) is 87.0 Å². The van der Waals surface area contributed by atoms with E-state index in [1.807, 2.05) is 13.8 Å². The van der Waals surface area contributed by atoms with Crippen molar-refractivity contribution in [2.75, 3.05) is 13.4 Å². The predicted molar refractivity (Wildman–Crippen MR) is 92.5 cm³/mol. The molecule has 0 radical (unpaired) electrons. The van der Waals surface area contributed by atoms with Crippen LogP contribution in [-0.2, 0) is 9.53 Å². The van der Waals surface area contributed by atoms with Crippen molar-refractivity contribution in [1.29, 1.82) is 0 Å². The zero-order valence-corrected chi connectivity index (χ0v) is 14.5. The highest BCUT2D eigenvalue weighted by molar-refractivity contribution is 6.02. The minimum Gasteiger partial charge on any atom is -0.461 e. The molecule has 0 bridgehead atoms. The summed E-state index contributed by atoms with van der Waals surface area (Å²) in [6.45, 7) is 4.25. The quantitative estimate of drug-likeness (QED) is 0.632. The first-order valence-corrected chi connectivity index (χ1v) is 8.16. The van der Waals surface area contributed by atoms with Gasteiger partial charge in [-0.05, 0) is 41.8 Å². The molecule has 2 aromatic rings. The third-order valence-electron chi connectivity index (χ3n) is 3.47. The van der Waals surface area contributed by atoms with Gasteiger partial charge in [0, 0.05) is 0 Å². The molecule has 1 amide bonds. The smallest absolute Gasteiger partial charge is 0.354 e. The normalized spacial score (nSPS) is 13.0. The van der Waals surface area contributed by atoms with Gasteiger partial charge in [-0.1, -0.05) is 19.9 Å². The molecule has 0 saturated heterocycles. The van der Waals surface area contributed by atoms with Crippen LogP contribution < -0.4 is 14.8 Å². The lowest BCUT2D eigenvalue weighted by molar-refractivity contribution is -0.140. The second-order valence-corrected chi connectivity index (χ2v) is 6.09. The Bertz CT molecular complexity index is 823. The van der Waals surface area contributed by atoms with Gasteiger partial charge in [0.25, 0.3) is 5.91 Å². The molecule has 0 unspecified atom stereocenters. The summed E-state index contributed by atoms with van der Waals surface area (Å²) in [6.07, 6.45) is 2.90. The summed E-state index contributed by atoms with van der Waals surface area (Å²) < 4.78 is 20.9. The van der Waals surface area contributed by atoms with Gasteiger partial charge >= 0.3 is 5.97 Å². The van der Waals surface area contributed by atoms with E-state index < -0.39 is 11.9 Å². The highest BCUT2D eigenvalue weighted by Gasteiger charge is 2.19. The van der Waals surface area contributed by atoms with Gasteiger partial charge in [-0.3, -0.25) is 4.79 Å². The Morgan fingerprint density at radius 1 is 1.23 bits per heavy atom. The molecule has 0 fully saturated rings. The fraction of sp³-hybridized carbons (Fsp3) is 0.263. The first-order chi connectivity index (χ1) is 12.5. The number of hydrogen-bond donors (Lipinski definition) is 1. The molecule has 0 aliphatic carbocycles. The first-order valence-electron chi connectivity index (χ1n) is 8.16. The highest BCUT2D eigenvalue weighted by atomic mass is 16.7. The van der Waals surface area contributed by atoms with Gasteiger partial charge < -0.3 is 23.9 Å². The molecule has 7 nitrogen and oxygen atoms in total.